The van der Waals surface area contributed by atoms with Crippen LogP contribution >= 0.6 is 11.6 Å². The number of aromatic nitrogens is 3. The van der Waals surface area contributed by atoms with Crippen LogP contribution in [-0.2, 0) is 0 Å². The van der Waals surface area contributed by atoms with Crippen molar-refractivity contribution in [3.05, 3.63) is 40.8 Å². The second-order valence-electron chi connectivity index (χ2n) is 3.28. The summed E-state index contributed by atoms with van der Waals surface area (Å²) in [6.07, 6.45) is -1.54. The zero-order valence-corrected chi connectivity index (χ0v) is 9.47. The quantitative estimate of drug-likeness (QED) is 0.933. The summed E-state index contributed by atoms with van der Waals surface area (Å²) in [5.41, 5.74) is -1.07. The van der Waals surface area contributed by atoms with Crippen molar-refractivity contribution < 1.29 is 18.7 Å². The molecule has 0 unspecified atom stereocenters. The second kappa shape index (κ2) is 4.69. The molecule has 0 saturated heterocycles. The number of hydrogen-bond donors (Lipinski definition) is 1. The second-order valence-corrected chi connectivity index (χ2v) is 3.69. The molecule has 0 saturated carbocycles. The number of halogens is 3. The highest BCUT2D eigenvalue weighted by Crippen LogP contribution is 2.25. The van der Waals surface area contributed by atoms with Crippen LogP contribution < -0.4 is 0 Å². The highest BCUT2D eigenvalue weighted by Gasteiger charge is 2.22. The van der Waals surface area contributed by atoms with Crippen molar-refractivity contribution in [2.75, 3.05) is 0 Å². The lowest BCUT2D eigenvalue weighted by Gasteiger charge is -2.06. The number of hydrogen-bond acceptors (Lipinski definition) is 3. The standard InChI is InChI=1S/C10H6ClF2N3O2/c11-5-2-1-3-14-9(5)16-7(8(12)13)4-6(15-16)10(17)18/h1-4,8H,(H,17,18). The number of carboxylic acids is 1. The van der Waals surface area contributed by atoms with Crippen LogP contribution in [0.1, 0.15) is 22.6 Å². The van der Waals surface area contributed by atoms with Gasteiger partial charge in [0.15, 0.2) is 11.5 Å². The van der Waals surface area contributed by atoms with Gasteiger partial charge in [0.05, 0.1) is 5.02 Å². The topological polar surface area (TPSA) is 68.0 Å². The van der Waals surface area contributed by atoms with Crippen molar-refractivity contribution >= 4 is 17.6 Å². The van der Waals surface area contributed by atoms with Crippen LogP contribution in [0.5, 0.6) is 0 Å². The van der Waals surface area contributed by atoms with E-state index < -0.39 is 23.8 Å². The summed E-state index contributed by atoms with van der Waals surface area (Å²) in [6, 6.07) is 3.76. The van der Waals surface area contributed by atoms with E-state index in [4.69, 9.17) is 16.7 Å². The molecule has 0 aliphatic heterocycles. The lowest BCUT2D eigenvalue weighted by Crippen LogP contribution is -2.06. The van der Waals surface area contributed by atoms with Gasteiger partial charge in [0.1, 0.15) is 5.69 Å². The third kappa shape index (κ3) is 2.17. The third-order valence-corrected chi connectivity index (χ3v) is 2.41. The van der Waals surface area contributed by atoms with Crippen LogP contribution in [0.4, 0.5) is 8.78 Å². The fraction of sp³-hybridized carbons (Fsp3) is 0.100. The van der Waals surface area contributed by atoms with Gasteiger partial charge >= 0.3 is 5.97 Å². The van der Waals surface area contributed by atoms with Gasteiger partial charge in [0.2, 0.25) is 0 Å². The minimum atomic E-state index is -2.89. The van der Waals surface area contributed by atoms with Gasteiger partial charge in [-0.2, -0.15) is 5.10 Å². The molecule has 0 aliphatic rings. The van der Waals surface area contributed by atoms with Crippen molar-refractivity contribution in [2.24, 2.45) is 0 Å². The van der Waals surface area contributed by atoms with Gasteiger partial charge in [-0.1, -0.05) is 11.6 Å². The first-order valence-electron chi connectivity index (χ1n) is 4.73. The van der Waals surface area contributed by atoms with Crippen molar-refractivity contribution in [2.45, 2.75) is 6.43 Å². The van der Waals surface area contributed by atoms with Crippen LogP contribution in [0.15, 0.2) is 24.4 Å². The van der Waals surface area contributed by atoms with Gasteiger partial charge in [0.25, 0.3) is 6.43 Å². The normalized spacial score (nSPS) is 10.9. The lowest BCUT2D eigenvalue weighted by atomic mass is 10.3. The number of pyridine rings is 1. The van der Waals surface area contributed by atoms with Crippen molar-refractivity contribution in [1.29, 1.82) is 0 Å². The first-order chi connectivity index (χ1) is 8.50. The van der Waals surface area contributed by atoms with E-state index in [2.05, 4.69) is 10.1 Å². The molecule has 2 heterocycles. The first kappa shape index (κ1) is 12.4. The van der Waals surface area contributed by atoms with E-state index in [1.807, 2.05) is 0 Å². The molecule has 0 atom stereocenters. The smallest absolute Gasteiger partial charge is 0.356 e. The van der Waals surface area contributed by atoms with Crippen LogP contribution in [0.3, 0.4) is 0 Å². The summed E-state index contributed by atoms with van der Waals surface area (Å²) in [7, 11) is 0. The minimum Gasteiger partial charge on any atom is -0.476 e. The van der Waals surface area contributed by atoms with Crippen molar-refractivity contribution in [1.82, 2.24) is 14.8 Å². The number of carbonyl (C=O) groups is 1. The van der Waals surface area contributed by atoms with E-state index >= 15 is 0 Å². The number of nitrogens with zero attached hydrogens (tertiary/aromatic N) is 3. The molecule has 18 heavy (non-hydrogen) atoms. The molecule has 8 heteroatoms. The zero-order chi connectivity index (χ0) is 13.3. The molecular formula is C10H6ClF2N3O2. The third-order valence-electron chi connectivity index (χ3n) is 2.12. The van der Waals surface area contributed by atoms with Gasteiger partial charge in [-0.25, -0.2) is 23.2 Å². The van der Waals surface area contributed by atoms with Gasteiger partial charge in [-0.05, 0) is 12.1 Å². The molecule has 2 aromatic rings. The van der Waals surface area contributed by atoms with Crippen LogP contribution in [0.25, 0.3) is 5.82 Å². The Kier molecular flexibility index (Phi) is 3.24. The molecule has 0 radical (unpaired) electrons. The Morgan fingerprint density at radius 3 is 2.78 bits per heavy atom. The Labute approximate surface area is 105 Å². The molecule has 94 valence electrons. The number of aromatic carboxylic acids is 1. The van der Waals surface area contributed by atoms with E-state index in [0.29, 0.717) is 0 Å². The predicted octanol–water partition coefficient (Wildman–Crippen LogP) is 2.56. The van der Waals surface area contributed by atoms with E-state index in [1.54, 1.807) is 0 Å². The number of rotatable bonds is 3. The first-order valence-corrected chi connectivity index (χ1v) is 5.11. The maximum Gasteiger partial charge on any atom is 0.356 e. The highest BCUT2D eigenvalue weighted by molar-refractivity contribution is 6.32. The average molecular weight is 274 g/mol. The minimum absolute atomic E-state index is 0.0398. The summed E-state index contributed by atoms with van der Waals surface area (Å²) < 4.78 is 26.3. The molecule has 5 nitrogen and oxygen atoms in total. The van der Waals surface area contributed by atoms with Crippen molar-refractivity contribution in [3.63, 3.8) is 0 Å². The fourth-order valence-corrected chi connectivity index (χ4v) is 1.56. The average Bonchev–Trinajstić information content (AvgIpc) is 2.74. The molecule has 0 aliphatic carbocycles. The van der Waals surface area contributed by atoms with Crippen LogP contribution in [-0.4, -0.2) is 25.8 Å². The maximum atomic E-state index is 12.8. The molecule has 0 spiro atoms. The van der Waals surface area contributed by atoms with Crippen molar-refractivity contribution in [3.8, 4) is 5.82 Å². The molecule has 2 aromatic heterocycles. The fourth-order valence-electron chi connectivity index (χ4n) is 1.36. The SMILES string of the molecule is O=C(O)c1cc(C(F)F)n(-c2ncccc2Cl)n1. The van der Waals surface area contributed by atoms with Crippen LogP contribution in [0.2, 0.25) is 5.02 Å². The molecule has 1 N–H and O–H groups in total. The molecule has 2 rings (SSSR count). The van der Waals surface area contributed by atoms with Crippen LogP contribution in [0, 0.1) is 0 Å². The molecule has 0 fully saturated rings. The Bertz CT molecular complexity index is 601. The summed E-state index contributed by atoms with van der Waals surface area (Å²) >= 11 is 5.81. The van der Waals surface area contributed by atoms with Gasteiger partial charge in [0, 0.05) is 12.3 Å². The van der Waals surface area contributed by atoms with E-state index in [0.717, 1.165) is 10.7 Å². The molecule has 0 amide bonds. The summed E-state index contributed by atoms with van der Waals surface area (Å²) in [5, 5.41) is 12.4. The molecule has 0 bridgehead atoms. The monoisotopic (exact) mass is 273 g/mol. The Hall–Kier alpha value is -2.02. The summed E-state index contributed by atoms with van der Waals surface area (Å²) in [4.78, 5) is 14.5. The van der Waals surface area contributed by atoms with E-state index in [9.17, 15) is 13.6 Å². The predicted molar refractivity (Wildman–Crippen MR) is 58.3 cm³/mol. The van der Waals surface area contributed by atoms with Gasteiger partial charge in [-0.15, -0.1) is 0 Å². The lowest BCUT2D eigenvalue weighted by molar-refractivity contribution is 0.0690. The Morgan fingerprint density at radius 1 is 1.50 bits per heavy atom. The highest BCUT2D eigenvalue weighted by atomic mass is 35.5. The molecule has 0 aromatic carbocycles. The van der Waals surface area contributed by atoms with Gasteiger partial charge < -0.3 is 5.11 Å². The summed E-state index contributed by atoms with van der Waals surface area (Å²) in [5.74, 6) is -1.44. The maximum absolute atomic E-state index is 12.8. The molecular weight excluding hydrogens is 268 g/mol. The number of alkyl halides is 2. The largest absolute Gasteiger partial charge is 0.476 e. The van der Waals surface area contributed by atoms with E-state index in [-0.39, 0.29) is 10.8 Å². The Morgan fingerprint density at radius 2 is 2.22 bits per heavy atom. The summed E-state index contributed by atoms with van der Waals surface area (Å²) in [6.45, 7) is 0. The van der Waals surface area contributed by atoms with E-state index in [1.165, 1.54) is 18.3 Å². The Balaban J connectivity index is 2.63. The zero-order valence-electron chi connectivity index (χ0n) is 8.72. The van der Waals surface area contributed by atoms with Gasteiger partial charge in [-0.3, -0.25) is 0 Å². The number of carboxylic acid groups (broad SMARTS) is 1.